The minimum Gasteiger partial charge on any atom is -0.517 e. The predicted molar refractivity (Wildman–Crippen MR) is 97.4 cm³/mol. The average Bonchev–Trinajstić information content (AvgIpc) is 2.23. The third kappa shape index (κ3) is 7.18. The number of hydrogen-bond donors (Lipinski definition) is 0. The van der Waals surface area contributed by atoms with Crippen molar-refractivity contribution in [2.45, 2.75) is 77.8 Å². The highest BCUT2D eigenvalue weighted by atomic mass is 28.4. The summed E-state index contributed by atoms with van der Waals surface area (Å²) in [6, 6.07) is 0. The highest BCUT2D eigenvalue weighted by Gasteiger charge is 2.41. The van der Waals surface area contributed by atoms with Crippen LogP contribution >= 0.6 is 0 Å². The van der Waals surface area contributed by atoms with Gasteiger partial charge in [0.2, 0.25) is 0 Å². The maximum absolute atomic E-state index is 11.9. The van der Waals surface area contributed by atoms with Crippen LogP contribution in [0.3, 0.4) is 0 Å². The number of carbonyl (C=O) groups is 2. The normalized spacial score (nSPS) is 13.7. The van der Waals surface area contributed by atoms with Crippen LogP contribution in [-0.2, 0) is 23.2 Å². The summed E-state index contributed by atoms with van der Waals surface area (Å²) in [6.07, 6.45) is 0. The summed E-state index contributed by atoms with van der Waals surface area (Å²) in [5.41, 5.74) is 0. The van der Waals surface area contributed by atoms with Crippen molar-refractivity contribution >= 4 is 28.6 Å². The zero-order valence-electron chi connectivity index (χ0n) is 16.5. The molecule has 0 fully saturated rings. The van der Waals surface area contributed by atoms with Gasteiger partial charge in [-0.1, -0.05) is 41.5 Å². The van der Waals surface area contributed by atoms with E-state index in [1.807, 2.05) is 26.2 Å². The molecule has 0 unspecified atom stereocenters. The van der Waals surface area contributed by atoms with Gasteiger partial charge in [0.15, 0.2) is 0 Å². The minimum absolute atomic E-state index is 0.0517. The fourth-order valence-electron chi connectivity index (χ4n) is 1.15. The van der Waals surface area contributed by atoms with Crippen molar-refractivity contribution in [3.8, 4) is 0 Å². The van der Waals surface area contributed by atoms with Gasteiger partial charge in [-0.2, -0.15) is 0 Å². The number of ether oxygens (including phenoxy) is 1. The molecule has 0 aromatic heterocycles. The topological polar surface area (TPSA) is 61.8 Å². The molecule has 0 spiro atoms. The second kappa shape index (κ2) is 7.48. The molecule has 5 nitrogen and oxygen atoms in total. The van der Waals surface area contributed by atoms with E-state index < -0.39 is 28.6 Å². The molecule has 0 aliphatic rings. The maximum Gasteiger partial charge on any atom is 0.318 e. The molecule has 23 heavy (non-hydrogen) atoms. The Hall–Kier alpha value is -0.666. The van der Waals surface area contributed by atoms with E-state index in [-0.39, 0.29) is 23.3 Å². The molecule has 136 valence electrons. The van der Waals surface area contributed by atoms with E-state index in [0.29, 0.717) is 0 Å². The first-order valence-corrected chi connectivity index (χ1v) is 13.8. The molecule has 0 aromatic rings. The Morgan fingerprint density at radius 2 is 0.957 bits per heavy atom. The smallest absolute Gasteiger partial charge is 0.318 e. The first kappa shape index (κ1) is 22.3. The Kier molecular flexibility index (Phi) is 7.27. The zero-order chi connectivity index (χ0) is 18.7. The Morgan fingerprint density at radius 1 is 0.696 bits per heavy atom. The summed E-state index contributed by atoms with van der Waals surface area (Å²) in [5.74, 6) is -0.839. The van der Waals surface area contributed by atoms with Gasteiger partial charge >= 0.3 is 11.9 Å². The summed E-state index contributed by atoms with van der Waals surface area (Å²) in [6.45, 7) is 19.9. The van der Waals surface area contributed by atoms with Gasteiger partial charge in [0.05, 0.1) is 0 Å². The van der Waals surface area contributed by atoms with Gasteiger partial charge in [-0.05, 0) is 36.3 Å². The van der Waals surface area contributed by atoms with E-state index in [1.165, 1.54) is 0 Å². The Balaban J connectivity index is 4.32. The highest BCUT2D eigenvalue weighted by Crippen LogP contribution is 2.37. The Bertz CT molecular complexity index is 391. The zero-order valence-corrected chi connectivity index (χ0v) is 18.5. The molecule has 0 heterocycles. The molecule has 0 amide bonds. The first-order chi connectivity index (χ1) is 9.99. The lowest BCUT2D eigenvalue weighted by molar-refractivity contribution is -0.146. The van der Waals surface area contributed by atoms with E-state index in [9.17, 15) is 9.59 Å². The molecule has 0 saturated heterocycles. The molecule has 0 rings (SSSR count). The standard InChI is InChI=1S/C16H34O5Si2/c1-15(2,3)22(7,8)20-13(17)11-19-12-14(18)21-23(9,10)16(4,5)6/h11-12H2,1-10H3. The molecule has 0 aromatic carbocycles. The third-order valence-corrected chi connectivity index (χ3v) is 13.5. The minimum atomic E-state index is -2.15. The summed E-state index contributed by atoms with van der Waals surface area (Å²) >= 11 is 0. The summed E-state index contributed by atoms with van der Waals surface area (Å²) in [4.78, 5) is 23.8. The van der Waals surface area contributed by atoms with Crippen LogP contribution in [0.5, 0.6) is 0 Å². The van der Waals surface area contributed by atoms with Gasteiger partial charge in [0.25, 0.3) is 16.6 Å². The molecular weight excluding hydrogens is 328 g/mol. The van der Waals surface area contributed by atoms with Crippen molar-refractivity contribution < 1.29 is 23.2 Å². The van der Waals surface area contributed by atoms with Gasteiger partial charge in [0, 0.05) is 0 Å². The van der Waals surface area contributed by atoms with Crippen molar-refractivity contribution in [3.63, 3.8) is 0 Å². The van der Waals surface area contributed by atoms with E-state index in [4.69, 9.17) is 13.6 Å². The van der Waals surface area contributed by atoms with Crippen LogP contribution in [0.25, 0.3) is 0 Å². The van der Waals surface area contributed by atoms with Crippen LogP contribution in [0.2, 0.25) is 36.3 Å². The lowest BCUT2D eigenvalue weighted by atomic mass is 10.2. The summed E-state index contributed by atoms with van der Waals surface area (Å²) in [5, 5.41) is -0.103. The summed E-state index contributed by atoms with van der Waals surface area (Å²) in [7, 11) is -4.29. The molecule has 7 heteroatoms. The van der Waals surface area contributed by atoms with Crippen LogP contribution in [-0.4, -0.2) is 41.8 Å². The molecule has 0 N–H and O–H groups in total. The molecule has 0 atom stereocenters. The van der Waals surface area contributed by atoms with E-state index >= 15 is 0 Å². The van der Waals surface area contributed by atoms with Gasteiger partial charge in [-0.15, -0.1) is 0 Å². The fraction of sp³-hybridized carbons (Fsp3) is 0.875. The van der Waals surface area contributed by atoms with Crippen molar-refractivity contribution in [1.82, 2.24) is 0 Å². The monoisotopic (exact) mass is 362 g/mol. The predicted octanol–water partition coefficient (Wildman–Crippen LogP) is 4.10. The molecular formula is C16H34O5Si2. The SMILES string of the molecule is CC(C)(C)[Si](C)(C)OC(=O)COCC(=O)O[Si](C)(C)C(C)(C)C. The van der Waals surface area contributed by atoms with Crippen LogP contribution < -0.4 is 0 Å². The molecule has 0 saturated carbocycles. The lowest BCUT2D eigenvalue weighted by Crippen LogP contribution is -2.44. The quantitative estimate of drug-likeness (QED) is 0.666. The summed E-state index contributed by atoms with van der Waals surface area (Å²) < 4.78 is 16.3. The second-order valence-corrected chi connectivity index (χ2v) is 18.4. The maximum atomic E-state index is 11.9. The highest BCUT2D eigenvalue weighted by molar-refractivity contribution is 6.75. The van der Waals surface area contributed by atoms with Crippen molar-refractivity contribution in [2.75, 3.05) is 13.2 Å². The van der Waals surface area contributed by atoms with Crippen molar-refractivity contribution in [2.24, 2.45) is 0 Å². The van der Waals surface area contributed by atoms with Gasteiger partial charge < -0.3 is 13.6 Å². The number of hydrogen-bond acceptors (Lipinski definition) is 5. The molecule has 0 aliphatic heterocycles. The first-order valence-electron chi connectivity index (χ1n) is 8.01. The largest absolute Gasteiger partial charge is 0.517 e. The van der Waals surface area contributed by atoms with Crippen LogP contribution in [0.15, 0.2) is 0 Å². The van der Waals surface area contributed by atoms with Crippen molar-refractivity contribution in [1.29, 1.82) is 0 Å². The number of carbonyl (C=O) groups excluding carboxylic acids is 2. The fourth-order valence-corrected chi connectivity index (χ4v) is 3.02. The lowest BCUT2D eigenvalue weighted by Gasteiger charge is -2.35. The second-order valence-electron chi connectivity index (χ2n) is 8.96. The molecule has 0 aliphatic carbocycles. The number of rotatable bonds is 6. The molecule has 0 bridgehead atoms. The van der Waals surface area contributed by atoms with E-state index in [2.05, 4.69) is 41.5 Å². The van der Waals surface area contributed by atoms with E-state index in [0.717, 1.165) is 0 Å². The Morgan fingerprint density at radius 3 is 1.17 bits per heavy atom. The van der Waals surface area contributed by atoms with Crippen molar-refractivity contribution in [3.05, 3.63) is 0 Å². The van der Waals surface area contributed by atoms with Gasteiger partial charge in [-0.25, -0.2) is 0 Å². The average molecular weight is 363 g/mol. The van der Waals surface area contributed by atoms with Crippen LogP contribution in [0, 0.1) is 0 Å². The third-order valence-electron chi connectivity index (χ3n) is 4.79. The molecule has 0 radical (unpaired) electrons. The van der Waals surface area contributed by atoms with Gasteiger partial charge in [0.1, 0.15) is 13.2 Å². The van der Waals surface area contributed by atoms with E-state index in [1.54, 1.807) is 0 Å². The van der Waals surface area contributed by atoms with Crippen LogP contribution in [0.1, 0.15) is 41.5 Å². The van der Waals surface area contributed by atoms with Crippen LogP contribution in [0.4, 0.5) is 0 Å². The van der Waals surface area contributed by atoms with Gasteiger partial charge in [-0.3, -0.25) is 9.59 Å². The Labute approximate surface area is 143 Å².